The van der Waals surface area contributed by atoms with Crippen molar-refractivity contribution in [2.45, 2.75) is 25.9 Å². The van der Waals surface area contributed by atoms with Crippen LogP contribution in [0.4, 0.5) is 4.79 Å². The Morgan fingerprint density at radius 1 is 1.00 bits per heavy atom. The molecule has 1 amide bonds. The predicted octanol–water partition coefficient (Wildman–Crippen LogP) is 2.94. The van der Waals surface area contributed by atoms with Crippen LogP contribution in [-0.2, 0) is 0 Å². The van der Waals surface area contributed by atoms with Crippen molar-refractivity contribution in [2.24, 2.45) is 0 Å². The SMILES string of the molecule is CC1CN(C(=O)n2cc3c(=O)n(-c4ccccc4)nc-3c3ccccc32)CC(C)N1. The molecule has 3 heterocycles. The summed E-state index contributed by atoms with van der Waals surface area (Å²) in [7, 11) is 0. The Hall–Kier alpha value is -3.45. The van der Waals surface area contributed by atoms with E-state index in [4.69, 9.17) is 0 Å². The first-order valence-electron chi connectivity index (χ1n) is 10.2. The van der Waals surface area contributed by atoms with E-state index in [2.05, 4.69) is 24.3 Å². The molecular formula is C23H23N5O2. The Balaban J connectivity index is 1.71. The van der Waals surface area contributed by atoms with E-state index in [-0.39, 0.29) is 23.7 Å². The maximum atomic E-state index is 13.5. The lowest BCUT2D eigenvalue weighted by Crippen LogP contribution is -2.56. The standard InChI is InChI=1S/C23H23N5O2/c1-15-12-26(13-16(2)24-15)23(30)27-14-19-21(18-10-6-7-11-20(18)27)25-28(22(19)29)17-8-4-3-5-9-17/h3-11,14-16,24H,12-13H2,1-2H3. The molecule has 3 aliphatic heterocycles. The zero-order chi connectivity index (χ0) is 20.8. The fourth-order valence-electron chi connectivity index (χ4n) is 4.35. The number of aromatic nitrogens is 3. The second kappa shape index (κ2) is 7.11. The summed E-state index contributed by atoms with van der Waals surface area (Å²) >= 11 is 0. The third kappa shape index (κ3) is 2.98. The first-order chi connectivity index (χ1) is 14.5. The molecule has 30 heavy (non-hydrogen) atoms. The van der Waals surface area contributed by atoms with Gasteiger partial charge in [0.05, 0.1) is 16.8 Å². The lowest BCUT2D eigenvalue weighted by atomic mass is 10.1. The highest BCUT2D eigenvalue weighted by molar-refractivity contribution is 5.99. The van der Waals surface area contributed by atoms with Gasteiger partial charge in [0, 0.05) is 36.8 Å². The summed E-state index contributed by atoms with van der Waals surface area (Å²) in [5, 5.41) is 8.83. The molecule has 2 aromatic carbocycles. The summed E-state index contributed by atoms with van der Waals surface area (Å²) in [4.78, 5) is 28.5. The molecule has 152 valence electrons. The van der Waals surface area contributed by atoms with Crippen LogP contribution in [0.3, 0.4) is 0 Å². The fraction of sp³-hybridized carbons (Fsp3) is 0.261. The molecule has 7 heteroatoms. The Kier molecular flexibility index (Phi) is 4.40. The number of nitrogens with zero attached hydrogens (tertiary/aromatic N) is 4. The lowest BCUT2D eigenvalue weighted by Gasteiger charge is -2.36. The fourth-order valence-corrected chi connectivity index (χ4v) is 4.35. The number of hydrogen-bond acceptors (Lipinski definition) is 4. The molecule has 1 fully saturated rings. The molecule has 0 aliphatic carbocycles. The summed E-state index contributed by atoms with van der Waals surface area (Å²) in [5.41, 5.74) is 2.25. The predicted molar refractivity (Wildman–Crippen MR) is 116 cm³/mol. The second-order valence-electron chi connectivity index (χ2n) is 7.99. The van der Waals surface area contributed by atoms with Crippen molar-refractivity contribution in [1.29, 1.82) is 0 Å². The minimum Gasteiger partial charge on any atom is -0.321 e. The van der Waals surface area contributed by atoms with Crippen molar-refractivity contribution in [3.8, 4) is 16.9 Å². The number of piperazine rings is 1. The third-order valence-electron chi connectivity index (χ3n) is 5.59. The lowest BCUT2D eigenvalue weighted by molar-refractivity contribution is 0.167. The van der Waals surface area contributed by atoms with Crippen LogP contribution in [0, 0.1) is 0 Å². The van der Waals surface area contributed by atoms with Crippen molar-refractivity contribution in [2.75, 3.05) is 13.1 Å². The molecule has 7 nitrogen and oxygen atoms in total. The summed E-state index contributed by atoms with van der Waals surface area (Å²) < 4.78 is 3.00. The van der Waals surface area contributed by atoms with E-state index in [0.717, 1.165) is 10.9 Å². The highest BCUT2D eigenvalue weighted by atomic mass is 16.2. The van der Waals surface area contributed by atoms with Crippen molar-refractivity contribution in [3.05, 3.63) is 71.1 Å². The van der Waals surface area contributed by atoms with Crippen LogP contribution < -0.4 is 10.9 Å². The number of fused-ring (bicyclic) bond motifs is 3. The number of nitrogens with one attached hydrogen (secondary N) is 1. The van der Waals surface area contributed by atoms with Crippen LogP contribution in [0.25, 0.3) is 27.8 Å². The Morgan fingerprint density at radius 3 is 2.40 bits per heavy atom. The molecular weight excluding hydrogens is 378 g/mol. The number of hydrogen-bond donors (Lipinski definition) is 1. The molecule has 0 bridgehead atoms. The number of carbonyl (C=O) groups excluding carboxylic acids is 1. The van der Waals surface area contributed by atoms with Crippen LogP contribution in [0.5, 0.6) is 0 Å². The Morgan fingerprint density at radius 2 is 1.67 bits per heavy atom. The van der Waals surface area contributed by atoms with Crippen molar-refractivity contribution < 1.29 is 4.79 Å². The minimum absolute atomic E-state index is 0.125. The Bertz CT molecular complexity index is 1250. The van der Waals surface area contributed by atoms with Gasteiger partial charge in [0.25, 0.3) is 5.56 Å². The van der Waals surface area contributed by atoms with E-state index in [1.807, 2.05) is 59.5 Å². The Labute approximate surface area is 173 Å². The smallest absolute Gasteiger partial charge is 0.321 e. The maximum Gasteiger partial charge on any atom is 0.328 e. The molecule has 2 aromatic rings. The van der Waals surface area contributed by atoms with Gasteiger partial charge in [-0.1, -0.05) is 36.4 Å². The van der Waals surface area contributed by atoms with Gasteiger partial charge in [-0.25, -0.2) is 4.79 Å². The second-order valence-corrected chi connectivity index (χ2v) is 7.99. The number of carbonyl (C=O) groups is 1. The first-order valence-corrected chi connectivity index (χ1v) is 10.2. The van der Waals surface area contributed by atoms with Gasteiger partial charge in [0.15, 0.2) is 0 Å². The van der Waals surface area contributed by atoms with E-state index in [0.29, 0.717) is 30.0 Å². The zero-order valence-corrected chi connectivity index (χ0v) is 16.9. The van der Waals surface area contributed by atoms with Gasteiger partial charge >= 0.3 is 6.03 Å². The van der Waals surface area contributed by atoms with Crippen LogP contribution in [0.15, 0.2) is 65.6 Å². The molecule has 2 atom stereocenters. The van der Waals surface area contributed by atoms with E-state index in [1.54, 1.807) is 10.8 Å². The van der Waals surface area contributed by atoms with Crippen molar-refractivity contribution in [1.82, 2.24) is 24.6 Å². The quantitative estimate of drug-likeness (QED) is 0.532. The third-order valence-corrected chi connectivity index (χ3v) is 5.59. The highest BCUT2D eigenvalue weighted by Crippen LogP contribution is 2.28. The van der Waals surface area contributed by atoms with Gasteiger partial charge in [-0.05, 0) is 32.0 Å². The molecule has 1 saturated heterocycles. The van der Waals surface area contributed by atoms with Crippen LogP contribution in [0.2, 0.25) is 0 Å². The number of rotatable bonds is 1. The molecule has 0 aromatic heterocycles. The monoisotopic (exact) mass is 401 g/mol. The van der Waals surface area contributed by atoms with Crippen molar-refractivity contribution >= 4 is 16.9 Å². The number of benzene rings is 2. The topological polar surface area (TPSA) is 72.2 Å². The van der Waals surface area contributed by atoms with Crippen molar-refractivity contribution in [3.63, 3.8) is 0 Å². The van der Waals surface area contributed by atoms with Gasteiger partial charge in [-0.3, -0.25) is 9.36 Å². The molecule has 5 rings (SSSR count). The number of pyridine rings is 1. The largest absolute Gasteiger partial charge is 0.328 e. The van der Waals surface area contributed by atoms with E-state index in [1.165, 1.54) is 4.68 Å². The van der Waals surface area contributed by atoms with E-state index in [9.17, 15) is 9.59 Å². The van der Waals surface area contributed by atoms with E-state index >= 15 is 0 Å². The normalized spacial score (nSPS) is 19.5. The molecule has 0 radical (unpaired) electrons. The highest BCUT2D eigenvalue weighted by Gasteiger charge is 2.28. The molecule has 1 N–H and O–H groups in total. The minimum atomic E-state index is -0.231. The van der Waals surface area contributed by atoms with Crippen LogP contribution >= 0.6 is 0 Å². The van der Waals surface area contributed by atoms with Crippen LogP contribution in [-0.4, -0.2) is 50.5 Å². The summed E-state index contributed by atoms with van der Waals surface area (Å²) in [5.74, 6) is 0. The summed E-state index contributed by atoms with van der Waals surface area (Å²) in [6.45, 7) is 5.38. The number of para-hydroxylation sites is 2. The van der Waals surface area contributed by atoms with Crippen LogP contribution in [0.1, 0.15) is 13.8 Å². The molecule has 0 saturated carbocycles. The average molecular weight is 401 g/mol. The average Bonchev–Trinajstić information content (AvgIpc) is 3.09. The van der Waals surface area contributed by atoms with E-state index < -0.39 is 0 Å². The van der Waals surface area contributed by atoms with Gasteiger partial charge in [0.2, 0.25) is 0 Å². The van der Waals surface area contributed by atoms with Gasteiger partial charge in [0.1, 0.15) is 5.69 Å². The molecule has 0 spiro atoms. The molecule has 3 aliphatic rings. The van der Waals surface area contributed by atoms with Gasteiger partial charge < -0.3 is 10.2 Å². The summed E-state index contributed by atoms with van der Waals surface area (Å²) in [6.07, 6.45) is 1.64. The summed E-state index contributed by atoms with van der Waals surface area (Å²) in [6, 6.07) is 17.2. The van der Waals surface area contributed by atoms with Gasteiger partial charge in [-0.15, -0.1) is 0 Å². The molecule has 2 unspecified atom stereocenters. The zero-order valence-electron chi connectivity index (χ0n) is 16.9. The number of amides is 1. The maximum absolute atomic E-state index is 13.5. The first kappa shape index (κ1) is 18.6. The van der Waals surface area contributed by atoms with Gasteiger partial charge in [-0.2, -0.15) is 9.78 Å².